The average Bonchev–Trinajstić information content (AvgIpc) is 2.71. The van der Waals surface area contributed by atoms with Crippen molar-refractivity contribution in [2.24, 2.45) is 5.11 Å². The van der Waals surface area contributed by atoms with Crippen molar-refractivity contribution >= 4 is 17.1 Å². The highest BCUT2D eigenvalue weighted by molar-refractivity contribution is 5.75. The van der Waals surface area contributed by atoms with Crippen LogP contribution in [-0.2, 0) is 0 Å². The van der Waals surface area contributed by atoms with Gasteiger partial charge in [-0.1, -0.05) is 17.3 Å². The maximum absolute atomic E-state index is 8.08. The highest BCUT2D eigenvalue weighted by Gasteiger charge is 1.95. The molecule has 2 aromatic rings. The van der Waals surface area contributed by atoms with Crippen LogP contribution in [0.25, 0.3) is 27.6 Å². The Balaban J connectivity index is 2.20. The molecule has 0 aliphatic rings. The predicted octanol–water partition coefficient (Wildman–Crippen LogP) is 2.28. The molecule has 74 valence electrons. The van der Waals surface area contributed by atoms with Crippen molar-refractivity contribution < 1.29 is 0 Å². The van der Waals surface area contributed by atoms with Gasteiger partial charge in [0.25, 0.3) is 0 Å². The van der Waals surface area contributed by atoms with E-state index in [9.17, 15) is 0 Å². The lowest BCUT2D eigenvalue weighted by atomic mass is 10.2. The molecule has 6 heteroatoms. The summed E-state index contributed by atoms with van der Waals surface area (Å²) in [4.78, 5) is 6.84. The van der Waals surface area contributed by atoms with Gasteiger partial charge in [-0.25, -0.2) is 0 Å². The van der Waals surface area contributed by atoms with Crippen molar-refractivity contribution in [1.82, 2.24) is 15.2 Å². The summed E-state index contributed by atoms with van der Waals surface area (Å²) in [6.07, 6.45) is 7.04. The number of aromatic nitrogens is 3. The molecule has 0 saturated heterocycles. The van der Waals surface area contributed by atoms with Gasteiger partial charge in [0.05, 0.1) is 11.7 Å². The molecule has 0 atom stereocenters. The Morgan fingerprint density at radius 1 is 1.53 bits per heavy atom. The molecule has 15 heavy (non-hydrogen) atoms. The summed E-state index contributed by atoms with van der Waals surface area (Å²) in [6.45, 7) is 0.345. The summed E-state index contributed by atoms with van der Waals surface area (Å²) >= 11 is 0. The quantitative estimate of drug-likeness (QED) is 0.467. The Bertz CT molecular complexity index is 534. The average molecular weight is 200 g/mol. The Labute approximate surface area is 85.3 Å². The van der Waals surface area contributed by atoms with Gasteiger partial charge in [0, 0.05) is 17.7 Å². The Hall–Kier alpha value is -2.33. The van der Waals surface area contributed by atoms with Crippen LogP contribution in [0.3, 0.4) is 0 Å². The highest BCUT2D eigenvalue weighted by atomic mass is 15.1. The molecule has 0 aliphatic heterocycles. The van der Waals surface area contributed by atoms with E-state index in [1.165, 1.54) is 0 Å². The van der Waals surface area contributed by atoms with Crippen molar-refractivity contribution in [2.75, 3.05) is 6.54 Å². The molecule has 0 aliphatic carbocycles. The van der Waals surface area contributed by atoms with E-state index in [4.69, 9.17) is 5.53 Å². The van der Waals surface area contributed by atoms with Gasteiger partial charge in [-0.15, -0.1) is 0 Å². The number of hydrogen-bond acceptors (Lipinski definition) is 3. The molecule has 2 heterocycles. The van der Waals surface area contributed by atoms with Crippen LogP contribution in [0, 0.1) is 0 Å². The van der Waals surface area contributed by atoms with Gasteiger partial charge in [-0.2, -0.15) is 5.10 Å². The lowest BCUT2D eigenvalue weighted by Gasteiger charge is -1.91. The fraction of sp³-hybridized carbons (Fsp3) is 0.111. The summed E-state index contributed by atoms with van der Waals surface area (Å²) in [6, 6.07) is 1.93. The number of H-pyrrole nitrogens is 1. The summed E-state index contributed by atoms with van der Waals surface area (Å²) in [7, 11) is 0. The van der Waals surface area contributed by atoms with E-state index in [-0.39, 0.29) is 0 Å². The molecule has 0 saturated carbocycles. The molecule has 0 bridgehead atoms. The van der Waals surface area contributed by atoms with Crippen LogP contribution in [-0.4, -0.2) is 21.7 Å². The number of pyridine rings is 1. The number of hydrogen-bond donors (Lipinski definition) is 1. The zero-order valence-corrected chi connectivity index (χ0v) is 7.83. The molecule has 0 aromatic carbocycles. The number of nitrogens with zero attached hydrogens (tertiary/aromatic N) is 5. The fourth-order valence-corrected chi connectivity index (χ4v) is 1.21. The molecule has 2 aromatic heterocycles. The third-order valence-electron chi connectivity index (χ3n) is 1.87. The summed E-state index contributed by atoms with van der Waals surface area (Å²) in [5.74, 6) is 0. The molecule has 0 spiro atoms. The smallest absolute Gasteiger partial charge is 0.108 e. The first-order valence-corrected chi connectivity index (χ1v) is 4.36. The van der Waals surface area contributed by atoms with Crippen LogP contribution in [0.2, 0.25) is 0 Å². The maximum Gasteiger partial charge on any atom is 0.108 e. The van der Waals surface area contributed by atoms with Crippen molar-refractivity contribution in [2.45, 2.75) is 0 Å². The Kier molecular flexibility index (Phi) is 2.62. The first-order valence-electron chi connectivity index (χ1n) is 4.36. The molecule has 2 rings (SSSR count). The third kappa shape index (κ3) is 2.12. The molecule has 0 amide bonds. The van der Waals surface area contributed by atoms with E-state index in [0.29, 0.717) is 6.54 Å². The number of fused-ring (bicyclic) bond motifs is 1. The molecular formula is C9H8N6. The topological polar surface area (TPSA) is 90.3 Å². The lowest BCUT2D eigenvalue weighted by Crippen LogP contribution is -1.78. The van der Waals surface area contributed by atoms with Crippen LogP contribution in [0.5, 0.6) is 0 Å². The first kappa shape index (κ1) is 9.23. The second kappa shape index (κ2) is 4.26. The van der Waals surface area contributed by atoms with Gasteiger partial charge in [0.15, 0.2) is 0 Å². The second-order valence-corrected chi connectivity index (χ2v) is 2.89. The van der Waals surface area contributed by atoms with Crippen LogP contribution in [0.15, 0.2) is 29.7 Å². The largest absolute Gasteiger partial charge is 0.276 e. The van der Waals surface area contributed by atoms with Crippen LogP contribution in [0.1, 0.15) is 5.56 Å². The standard InChI is InChI=1S/C9H8N6/c10-15-12-3-1-2-7-4-8-9(11-5-7)6-13-14-8/h1-2,4-6H,3H2,(H,13,14). The van der Waals surface area contributed by atoms with Gasteiger partial charge in [0.2, 0.25) is 0 Å². The molecule has 0 fully saturated rings. The predicted molar refractivity (Wildman–Crippen MR) is 56.9 cm³/mol. The van der Waals surface area contributed by atoms with E-state index in [2.05, 4.69) is 25.2 Å². The summed E-state index contributed by atoms with van der Waals surface area (Å²) in [5.41, 5.74) is 10.7. The SMILES string of the molecule is [N-]=[N+]=NCC=Cc1cnc2cn[nH]c2c1. The van der Waals surface area contributed by atoms with E-state index < -0.39 is 0 Å². The molecule has 1 N–H and O–H groups in total. The lowest BCUT2D eigenvalue weighted by molar-refractivity contribution is 1.12. The normalized spacial score (nSPS) is 10.7. The van der Waals surface area contributed by atoms with Crippen molar-refractivity contribution in [3.63, 3.8) is 0 Å². The van der Waals surface area contributed by atoms with Crippen LogP contribution in [0.4, 0.5) is 0 Å². The van der Waals surface area contributed by atoms with Crippen molar-refractivity contribution in [1.29, 1.82) is 0 Å². The van der Waals surface area contributed by atoms with E-state index >= 15 is 0 Å². The minimum Gasteiger partial charge on any atom is -0.276 e. The summed E-state index contributed by atoms with van der Waals surface area (Å²) in [5, 5.41) is 10.1. The number of nitrogens with one attached hydrogen (secondary N) is 1. The van der Waals surface area contributed by atoms with E-state index in [1.54, 1.807) is 18.5 Å². The molecule has 6 nitrogen and oxygen atoms in total. The van der Waals surface area contributed by atoms with Gasteiger partial charge in [0.1, 0.15) is 5.52 Å². The minimum absolute atomic E-state index is 0.345. The van der Waals surface area contributed by atoms with Gasteiger partial charge < -0.3 is 0 Å². The molecular weight excluding hydrogens is 192 g/mol. The van der Waals surface area contributed by atoms with Crippen molar-refractivity contribution in [3.05, 3.63) is 40.5 Å². The first-order chi connectivity index (χ1) is 7.40. The number of aromatic amines is 1. The zero-order valence-electron chi connectivity index (χ0n) is 7.83. The molecule has 0 unspecified atom stereocenters. The minimum atomic E-state index is 0.345. The zero-order chi connectivity index (χ0) is 10.5. The number of azide groups is 1. The van der Waals surface area contributed by atoms with Crippen molar-refractivity contribution in [3.8, 4) is 0 Å². The van der Waals surface area contributed by atoms with Gasteiger partial charge in [-0.3, -0.25) is 10.1 Å². The fourth-order valence-electron chi connectivity index (χ4n) is 1.21. The monoisotopic (exact) mass is 200 g/mol. The second-order valence-electron chi connectivity index (χ2n) is 2.89. The van der Waals surface area contributed by atoms with E-state index in [1.807, 2.05) is 12.1 Å². The third-order valence-corrected chi connectivity index (χ3v) is 1.87. The maximum atomic E-state index is 8.08. The molecule has 0 radical (unpaired) electrons. The summed E-state index contributed by atoms with van der Waals surface area (Å²) < 4.78 is 0. The highest BCUT2D eigenvalue weighted by Crippen LogP contribution is 2.10. The Morgan fingerprint density at radius 2 is 2.47 bits per heavy atom. The number of rotatable bonds is 3. The van der Waals surface area contributed by atoms with Crippen LogP contribution < -0.4 is 0 Å². The van der Waals surface area contributed by atoms with Gasteiger partial charge in [-0.05, 0) is 17.2 Å². The van der Waals surface area contributed by atoms with E-state index in [0.717, 1.165) is 16.6 Å². The van der Waals surface area contributed by atoms with Crippen LogP contribution >= 0.6 is 0 Å². The van der Waals surface area contributed by atoms with Gasteiger partial charge >= 0.3 is 0 Å². The Morgan fingerprint density at radius 3 is 3.33 bits per heavy atom.